The van der Waals surface area contributed by atoms with E-state index in [4.69, 9.17) is 19.3 Å². The van der Waals surface area contributed by atoms with Crippen LogP contribution in [0.5, 0.6) is 0 Å². The maximum Gasteiger partial charge on any atom is 0.469 e. The van der Waals surface area contributed by atoms with Crippen molar-refractivity contribution in [1.82, 2.24) is 0 Å². The molecule has 2 N–H and O–H groups in total. The number of ether oxygens (including phenoxy) is 2. The number of rotatable bonds is 35. The van der Waals surface area contributed by atoms with Crippen molar-refractivity contribution >= 4 is 19.8 Å². The zero-order valence-corrected chi connectivity index (χ0v) is 32.4. The molecule has 0 aromatic heterocycles. The molecule has 0 radical (unpaired) electrons. The highest BCUT2D eigenvalue weighted by Gasteiger charge is 2.22. The molecule has 0 saturated heterocycles. The topological polar surface area (TPSA) is 119 Å². The van der Waals surface area contributed by atoms with Crippen LogP contribution in [0.3, 0.4) is 0 Å². The lowest BCUT2D eigenvalue weighted by Crippen LogP contribution is -2.29. The summed E-state index contributed by atoms with van der Waals surface area (Å²) < 4.78 is 26.3. The van der Waals surface area contributed by atoms with Crippen LogP contribution in [0.2, 0.25) is 0 Å². The third-order valence-corrected chi connectivity index (χ3v) is 8.49. The number of allylic oxidation sites excluding steroid dienone is 10. The van der Waals surface area contributed by atoms with Crippen molar-refractivity contribution in [3.63, 3.8) is 0 Å². The van der Waals surface area contributed by atoms with E-state index in [0.717, 1.165) is 70.6 Å². The summed E-state index contributed by atoms with van der Waals surface area (Å²) in [6.07, 6.45) is 45.1. The van der Waals surface area contributed by atoms with Crippen LogP contribution < -0.4 is 0 Å². The van der Waals surface area contributed by atoms with Crippen molar-refractivity contribution in [1.29, 1.82) is 0 Å². The van der Waals surface area contributed by atoms with Gasteiger partial charge in [0, 0.05) is 12.8 Å². The molecule has 0 amide bonds. The molecule has 8 nitrogen and oxygen atoms in total. The highest BCUT2D eigenvalue weighted by Crippen LogP contribution is 2.36. The van der Waals surface area contributed by atoms with Gasteiger partial charge in [0.15, 0.2) is 6.10 Å². The van der Waals surface area contributed by atoms with Gasteiger partial charge in [0.25, 0.3) is 0 Å². The summed E-state index contributed by atoms with van der Waals surface area (Å²) in [4.78, 5) is 42.7. The van der Waals surface area contributed by atoms with E-state index in [1.807, 2.05) is 0 Å². The minimum atomic E-state index is -4.76. The Morgan fingerprint density at radius 1 is 0.520 bits per heavy atom. The number of carbonyl (C=O) groups excluding carboxylic acids is 2. The van der Waals surface area contributed by atoms with Crippen LogP contribution >= 0.6 is 7.82 Å². The number of hydrogen-bond donors (Lipinski definition) is 2. The van der Waals surface area contributed by atoms with Gasteiger partial charge in [-0.3, -0.25) is 14.1 Å². The molecular formula is C41H71O8P. The van der Waals surface area contributed by atoms with Gasteiger partial charge in [-0.05, 0) is 83.5 Å². The van der Waals surface area contributed by atoms with Gasteiger partial charge in [-0.15, -0.1) is 0 Å². The summed E-state index contributed by atoms with van der Waals surface area (Å²) in [7, 11) is -4.76. The van der Waals surface area contributed by atoms with Crippen molar-refractivity contribution in [2.45, 2.75) is 174 Å². The summed E-state index contributed by atoms with van der Waals surface area (Å²) in [6.45, 7) is 3.59. The fourth-order valence-electron chi connectivity index (χ4n) is 5.06. The number of carbonyl (C=O) groups is 2. The quantitative estimate of drug-likeness (QED) is 0.0287. The molecule has 0 aromatic carbocycles. The molecule has 0 aliphatic carbocycles. The molecule has 0 aromatic rings. The first kappa shape index (κ1) is 47.8. The first-order valence-corrected chi connectivity index (χ1v) is 21.1. The lowest BCUT2D eigenvalue weighted by Gasteiger charge is -2.18. The van der Waals surface area contributed by atoms with E-state index in [0.29, 0.717) is 12.8 Å². The summed E-state index contributed by atoms with van der Waals surface area (Å²) in [5.41, 5.74) is 0. The average Bonchev–Trinajstić information content (AvgIpc) is 3.08. The lowest BCUT2D eigenvalue weighted by molar-refractivity contribution is -0.161. The first-order chi connectivity index (χ1) is 24.3. The van der Waals surface area contributed by atoms with Crippen LogP contribution in [0.1, 0.15) is 168 Å². The largest absolute Gasteiger partial charge is 0.469 e. The predicted octanol–water partition coefficient (Wildman–Crippen LogP) is 11.7. The molecule has 0 bridgehead atoms. The zero-order valence-electron chi connectivity index (χ0n) is 31.5. The molecule has 50 heavy (non-hydrogen) atoms. The highest BCUT2D eigenvalue weighted by molar-refractivity contribution is 7.46. The summed E-state index contributed by atoms with van der Waals surface area (Å²) in [5.74, 6) is -0.936. The first-order valence-electron chi connectivity index (χ1n) is 19.6. The SMILES string of the molecule is CCCCC/C=C/C/C=C/C/C=C/C/C=C/CCCCCC(=O)O[C@H](COC(=O)CCCCCCC/C=C/CCCCCC)COP(=O)(O)O. The standard InChI is InChI=1S/C41H71O8P/c1-3-5-7-9-11-13-15-17-18-19-20-21-22-24-26-28-30-32-34-36-41(43)49-39(38-48-50(44,45)46)37-47-40(42)35-33-31-29-27-25-23-16-14-12-10-8-6-4-2/h11,13-14,16-18,20-21,24,26,39H,3-10,12,15,19,22-23,25,27-38H2,1-2H3,(H2,44,45,46)/b13-11+,16-14+,18-17+,21-20+,26-24+/t39-/m1/s1. The minimum Gasteiger partial charge on any atom is -0.462 e. The van der Waals surface area contributed by atoms with Crippen LogP contribution in [0, 0.1) is 0 Å². The molecule has 0 fully saturated rings. The number of unbranched alkanes of at least 4 members (excludes halogenated alkanes) is 15. The Kier molecular flexibility index (Phi) is 34.9. The van der Waals surface area contributed by atoms with Gasteiger partial charge < -0.3 is 19.3 Å². The summed E-state index contributed by atoms with van der Waals surface area (Å²) in [5, 5.41) is 0. The molecule has 288 valence electrons. The molecule has 0 unspecified atom stereocenters. The zero-order chi connectivity index (χ0) is 36.8. The van der Waals surface area contributed by atoms with Crippen molar-refractivity contribution in [2.75, 3.05) is 13.2 Å². The fraction of sp³-hybridized carbons (Fsp3) is 0.707. The van der Waals surface area contributed by atoms with E-state index in [1.165, 1.54) is 57.8 Å². The molecule has 0 aliphatic rings. The second-order valence-electron chi connectivity index (χ2n) is 12.9. The second kappa shape index (κ2) is 36.5. The summed E-state index contributed by atoms with van der Waals surface area (Å²) in [6, 6.07) is 0. The Hall–Kier alpha value is -2.25. The molecule has 1 atom stereocenters. The van der Waals surface area contributed by atoms with Crippen LogP contribution in [0.15, 0.2) is 60.8 Å². The van der Waals surface area contributed by atoms with E-state index >= 15 is 0 Å². The maximum atomic E-state index is 12.4. The van der Waals surface area contributed by atoms with E-state index < -0.39 is 32.5 Å². The van der Waals surface area contributed by atoms with E-state index in [9.17, 15) is 14.2 Å². The third kappa shape index (κ3) is 38.6. The van der Waals surface area contributed by atoms with Crippen molar-refractivity contribution < 1.29 is 37.9 Å². The van der Waals surface area contributed by atoms with Crippen molar-refractivity contribution in [3.05, 3.63) is 60.8 Å². The van der Waals surface area contributed by atoms with E-state index in [2.05, 4.69) is 79.1 Å². The van der Waals surface area contributed by atoms with E-state index in [1.54, 1.807) is 0 Å². The van der Waals surface area contributed by atoms with Gasteiger partial charge in [-0.1, -0.05) is 132 Å². The van der Waals surface area contributed by atoms with Gasteiger partial charge >= 0.3 is 19.8 Å². The normalized spacial score (nSPS) is 13.1. The van der Waals surface area contributed by atoms with E-state index in [-0.39, 0.29) is 19.4 Å². The minimum absolute atomic E-state index is 0.170. The van der Waals surface area contributed by atoms with Gasteiger partial charge in [0.1, 0.15) is 6.61 Å². The molecular weight excluding hydrogens is 651 g/mol. The average molecular weight is 723 g/mol. The monoisotopic (exact) mass is 722 g/mol. The Balaban J connectivity index is 4.05. The Morgan fingerprint density at radius 2 is 0.900 bits per heavy atom. The van der Waals surface area contributed by atoms with Crippen LogP contribution in [-0.4, -0.2) is 41.0 Å². The van der Waals surface area contributed by atoms with Gasteiger partial charge in [-0.2, -0.15) is 0 Å². The van der Waals surface area contributed by atoms with Crippen LogP contribution in [-0.2, 0) is 28.2 Å². The number of esters is 2. The Labute approximate surface area is 305 Å². The third-order valence-electron chi connectivity index (χ3n) is 8.01. The molecule has 0 heterocycles. The maximum absolute atomic E-state index is 12.4. The fourth-order valence-corrected chi connectivity index (χ4v) is 5.42. The van der Waals surface area contributed by atoms with Crippen LogP contribution in [0.25, 0.3) is 0 Å². The second-order valence-corrected chi connectivity index (χ2v) is 14.1. The number of phosphoric acid groups is 1. The van der Waals surface area contributed by atoms with Gasteiger partial charge in [0.2, 0.25) is 0 Å². The number of hydrogen-bond acceptors (Lipinski definition) is 6. The highest BCUT2D eigenvalue weighted by atomic mass is 31.2. The summed E-state index contributed by atoms with van der Waals surface area (Å²) >= 11 is 0. The lowest BCUT2D eigenvalue weighted by atomic mass is 10.1. The molecule has 0 spiro atoms. The van der Waals surface area contributed by atoms with Crippen molar-refractivity contribution in [2.24, 2.45) is 0 Å². The molecule has 0 saturated carbocycles. The Morgan fingerprint density at radius 3 is 1.42 bits per heavy atom. The number of phosphoric ester groups is 1. The van der Waals surface area contributed by atoms with Crippen molar-refractivity contribution in [3.8, 4) is 0 Å². The molecule has 0 aliphatic heterocycles. The van der Waals surface area contributed by atoms with Gasteiger partial charge in [-0.25, -0.2) is 4.57 Å². The predicted molar refractivity (Wildman–Crippen MR) is 207 cm³/mol. The Bertz CT molecular complexity index is 995. The van der Waals surface area contributed by atoms with Crippen LogP contribution in [0.4, 0.5) is 0 Å². The van der Waals surface area contributed by atoms with Gasteiger partial charge in [0.05, 0.1) is 6.61 Å². The molecule has 0 rings (SSSR count). The smallest absolute Gasteiger partial charge is 0.462 e. The molecule has 9 heteroatoms.